The van der Waals surface area contributed by atoms with Gasteiger partial charge in [0.15, 0.2) is 0 Å². The molecule has 2 amide bonds. The fourth-order valence-corrected chi connectivity index (χ4v) is 9.87. The lowest BCUT2D eigenvalue weighted by atomic mass is 10.1. The third-order valence-electron chi connectivity index (χ3n) is 6.13. The Morgan fingerprint density at radius 2 is 1.18 bits per heavy atom. The van der Waals surface area contributed by atoms with Gasteiger partial charge in [0.25, 0.3) is 10.8 Å². The molecule has 38 heavy (non-hydrogen) atoms. The molecule has 1 saturated heterocycles. The summed E-state index contributed by atoms with van der Waals surface area (Å²) in [5.41, 5.74) is 3.62. The van der Waals surface area contributed by atoms with Crippen LogP contribution in [0.25, 0.3) is 0 Å². The van der Waals surface area contributed by atoms with Crippen LogP contribution in [0.15, 0.2) is 34.9 Å². The number of allylic oxidation sites excluding steroid dienone is 5. The van der Waals surface area contributed by atoms with E-state index >= 15 is 0 Å². The average Bonchev–Trinajstić information content (AvgIpc) is 3.09. The number of nitrogens with zero attached hydrogens (tertiary/aromatic N) is 1. The summed E-state index contributed by atoms with van der Waals surface area (Å²) in [4.78, 5) is 25.6. The first-order chi connectivity index (χ1) is 17.9. The predicted octanol–water partition coefficient (Wildman–Crippen LogP) is 7.39. The van der Waals surface area contributed by atoms with Gasteiger partial charge in [-0.2, -0.15) is 0 Å². The highest BCUT2D eigenvalue weighted by molar-refractivity contribution is 7.76. The van der Waals surface area contributed by atoms with Crippen LogP contribution in [0.5, 0.6) is 0 Å². The van der Waals surface area contributed by atoms with E-state index in [0.29, 0.717) is 0 Å². The molecule has 0 aromatic carbocycles. The average molecular weight is 576 g/mol. The zero-order valence-corrected chi connectivity index (χ0v) is 26.2. The molecular formula is C27H47NO8P2. The van der Waals surface area contributed by atoms with Gasteiger partial charge in [0.1, 0.15) is 0 Å². The Morgan fingerprint density at radius 1 is 0.763 bits per heavy atom. The Labute approximate surface area is 229 Å². The summed E-state index contributed by atoms with van der Waals surface area (Å²) in [5.74, 6) is -1.55. The van der Waals surface area contributed by atoms with Gasteiger partial charge in [-0.3, -0.25) is 23.6 Å². The maximum atomic E-state index is 14.1. The van der Waals surface area contributed by atoms with E-state index in [1.54, 1.807) is 33.8 Å². The molecule has 0 aliphatic carbocycles. The summed E-state index contributed by atoms with van der Waals surface area (Å²) in [6.07, 6.45) is 9.18. The third kappa shape index (κ3) is 8.33. The SMILES string of the molecule is CCOP(=O)(OCC)C1(P(=O)(OCC)OCC)CC(=O)N(C/C=C(\C)CC/C=C(\C)CCC=C(C)C)C1=O. The minimum absolute atomic E-state index is 0.0506. The van der Waals surface area contributed by atoms with E-state index in [4.69, 9.17) is 18.1 Å². The van der Waals surface area contributed by atoms with E-state index in [2.05, 4.69) is 32.9 Å². The van der Waals surface area contributed by atoms with Crippen LogP contribution < -0.4 is 0 Å². The quantitative estimate of drug-likeness (QED) is 0.0945. The van der Waals surface area contributed by atoms with E-state index in [-0.39, 0.29) is 33.0 Å². The standard InChI is InChI=1S/C27H47NO8P2/c1-9-33-37(31,34-10-2)27(38(32,35-11-3)36-12-4)21-25(29)28(26(27)30)20-19-24(8)18-14-17-23(7)16-13-15-22(5)6/h15,17,19H,9-14,16,18,20-21H2,1-8H3/b23-17+,24-19+. The lowest BCUT2D eigenvalue weighted by Gasteiger charge is -2.37. The summed E-state index contributed by atoms with van der Waals surface area (Å²) >= 11 is 0. The molecule has 1 heterocycles. The van der Waals surface area contributed by atoms with Crippen LogP contribution >= 0.6 is 15.2 Å². The van der Waals surface area contributed by atoms with Gasteiger partial charge in [-0.1, -0.05) is 34.9 Å². The third-order valence-corrected chi connectivity index (χ3v) is 12.5. The monoisotopic (exact) mass is 575 g/mol. The number of carbonyl (C=O) groups is 2. The molecule has 0 saturated carbocycles. The van der Waals surface area contributed by atoms with Crippen molar-refractivity contribution in [2.45, 2.75) is 92.4 Å². The highest BCUT2D eigenvalue weighted by Crippen LogP contribution is 2.80. The molecule has 0 spiro atoms. The molecule has 0 aromatic heterocycles. The van der Waals surface area contributed by atoms with Crippen molar-refractivity contribution in [3.8, 4) is 0 Å². The van der Waals surface area contributed by atoms with Crippen molar-refractivity contribution in [2.24, 2.45) is 0 Å². The molecule has 0 radical (unpaired) electrons. The molecule has 1 aliphatic heterocycles. The maximum Gasteiger partial charge on any atom is 0.359 e. The normalized spacial score (nSPS) is 16.9. The Bertz CT molecular complexity index is 947. The van der Waals surface area contributed by atoms with Gasteiger partial charge in [0.05, 0.1) is 32.8 Å². The second-order valence-electron chi connectivity index (χ2n) is 9.43. The second kappa shape index (κ2) is 16.1. The number of imide groups is 1. The van der Waals surface area contributed by atoms with Gasteiger partial charge >= 0.3 is 15.2 Å². The van der Waals surface area contributed by atoms with E-state index < -0.39 is 38.3 Å². The van der Waals surface area contributed by atoms with Gasteiger partial charge in [-0.25, -0.2) is 0 Å². The lowest BCUT2D eigenvalue weighted by molar-refractivity contribution is -0.137. The minimum atomic E-state index is -4.46. The summed E-state index contributed by atoms with van der Waals surface area (Å²) in [6.45, 7) is 14.1. The van der Waals surface area contributed by atoms with Crippen molar-refractivity contribution >= 4 is 27.0 Å². The van der Waals surface area contributed by atoms with E-state index in [1.807, 2.05) is 6.92 Å². The zero-order valence-electron chi connectivity index (χ0n) is 24.4. The molecule has 218 valence electrons. The van der Waals surface area contributed by atoms with Gasteiger partial charge in [-0.05, 0) is 81.1 Å². The number of rotatable bonds is 18. The molecule has 1 fully saturated rings. The minimum Gasteiger partial charge on any atom is -0.308 e. The molecule has 1 rings (SSSR count). The highest BCUT2D eigenvalue weighted by atomic mass is 31.2. The van der Waals surface area contributed by atoms with Crippen molar-refractivity contribution < 1.29 is 36.8 Å². The first-order valence-corrected chi connectivity index (χ1v) is 16.5. The molecule has 1 aliphatic rings. The number of hydrogen-bond acceptors (Lipinski definition) is 8. The number of carbonyl (C=O) groups excluding carboxylic acids is 2. The summed E-state index contributed by atoms with van der Waals surface area (Å²) in [7, 11) is -8.92. The van der Waals surface area contributed by atoms with Crippen LogP contribution in [-0.2, 0) is 36.8 Å². The molecule has 11 heteroatoms. The fourth-order valence-electron chi connectivity index (χ4n) is 4.24. The van der Waals surface area contributed by atoms with Gasteiger partial charge < -0.3 is 18.1 Å². The van der Waals surface area contributed by atoms with Crippen molar-refractivity contribution in [2.75, 3.05) is 33.0 Å². The van der Waals surface area contributed by atoms with Crippen molar-refractivity contribution in [3.05, 3.63) is 34.9 Å². The molecule has 0 N–H and O–H groups in total. The van der Waals surface area contributed by atoms with Gasteiger partial charge in [0.2, 0.25) is 5.91 Å². The zero-order chi connectivity index (χ0) is 29.0. The Balaban J connectivity index is 3.23. The molecule has 0 atom stereocenters. The van der Waals surface area contributed by atoms with Crippen LogP contribution in [0.2, 0.25) is 0 Å². The molecule has 9 nitrogen and oxygen atoms in total. The molecule has 0 unspecified atom stereocenters. The molecule has 0 bridgehead atoms. The largest absolute Gasteiger partial charge is 0.359 e. The van der Waals surface area contributed by atoms with Crippen molar-refractivity contribution in [3.63, 3.8) is 0 Å². The number of amides is 2. The maximum absolute atomic E-state index is 14.1. The van der Waals surface area contributed by atoms with Crippen LogP contribution in [0.3, 0.4) is 0 Å². The summed E-state index contributed by atoms with van der Waals surface area (Å²) in [6, 6.07) is 0. The number of likely N-dealkylation sites (tertiary alicyclic amines) is 1. The molecule has 0 aromatic rings. The van der Waals surface area contributed by atoms with E-state index in [0.717, 1.165) is 36.2 Å². The summed E-state index contributed by atoms with van der Waals surface area (Å²) in [5, 5.41) is 0. The highest BCUT2D eigenvalue weighted by Gasteiger charge is 2.75. The predicted molar refractivity (Wildman–Crippen MR) is 151 cm³/mol. The van der Waals surface area contributed by atoms with Crippen LogP contribution in [-0.4, -0.2) is 54.6 Å². The van der Waals surface area contributed by atoms with Crippen LogP contribution in [0.1, 0.15) is 87.5 Å². The van der Waals surface area contributed by atoms with Gasteiger partial charge in [-0.15, -0.1) is 0 Å². The van der Waals surface area contributed by atoms with E-state index in [1.165, 1.54) is 11.1 Å². The van der Waals surface area contributed by atoms with Gasteiger partial charge in [0, 0.05) is 6.54 Å². The lowest BCUT2D eigenvalue weighted by Crippen LogP contribution is -2.42. The van der Waals surface area contributed by atoms with Crippen molar-refractivity contribution in [1.29, 1.82) is 0 Å². The smallest absolute Gasteiger partial charge is 0.308 e. The molecular weight excluding hydrogens is 528 g/mol. The van der Waals surface area contributed by atoms with Crippen molar-refractivity contribution in [1.82, 2.24) is 4.90 Å². The Morgan fingerprint density at radius 3 is 1.61 bits per heavy atom. The summed E-state index contributed by atoms with van der Waals surface area (Å²) < 4.78 is 50.1. The van der Waals surface area contributed by atoms with E-state index in [9.17, 15) is 18.7 Å². The second-order valence-corrected chi connectivity index (χ2v) is 14.3. The van der Waals surface area contributed by atoms with Crippen LogP contribution in [0.4, 0.5) is 0 Å². The van der Waals surface area contributed by atoms with Crippen LogP contribution in [0, 0.1) is 0 Å². The fraction of sp³-hybridized carbons (Fsp3) is 0.704. The Hall–Kier alpha value is -1.34. The first-order valence-electron chi connectivity index (χ1n) is 13.5. The first kappa shape index (κ1) is 34.7. The Kier molecular flexibility index (Phi) is 14.7. The number of hydrogen-bond donors (Lipinski definition) is 0. The topological polar surface area (TPSA) is 108 Å².